The average molecular weight is 471 g/mol. The van der Waals surface area contributed by atoms with Crippen molar-refractivity contribution in [2.75, 3.05) is 35.0 Å². The smallest absolute Gasteiger partial charge is 0.235 e. The summed E-state index contributed by atoms with van der Waals surface area (Å²) in [6, 6.07) is 7.99. The lowest BCUT2D eigenvalue weighted by Crippen LogP contribution is -2.53. The van der Waals surface area contributed by atoms with Gasteiger partial charge in [0.05, 0.1) is 21.7 Å². The zero-order valence-electron chi connectivity index (χ0n) is 18.4. The van der Waals surface area contributed by atoms with Gasteiger partial charge in [0.1, 0.15) is 11.6 Å². The van der Waals surface area contributed by atoms with Gasteiger partial charge in [0, 0.05) is 24.3 Å². The van der Waals surface area contributed by atoms with Crippen molar-refractivity contribution >= 4 is 34.9 Å². The molecule has 0 radical (unpaired) electrons. The highest BCUT2D eigenvalue weighted by Crippen LogP contribution is 2.52. The summed E-state index contributed by atoms with van der Waals surface area (Å²) in [5.41, 5.74) is 3.23. The van der Waals surface area contributed by atoms with Gasteiger partial charge in [-0.2, -0.15) is 0 Å². The molecule has 1 amide bonds. The molecule has 3 saturated heterocycles. The number of fused-ring (bicyclic) bond motifs is 5. The third kappa shape index (κ3) is 3.67. The monoisotopic (exact) mass is 470 g/mol. The van der Waals surface area contributed by atoms with E-state index < -0.39 is 17.0 Å². The molecule has 5 aliphatic rings. The van der Waals surface area contributed by atoms with E-state index in [9.17, 15) is 13.6 Å². The van der Waals surface area contributed by atoms with Gasteiger partial charge in [0.15, 0.2) is 0 Å². The Morgan fingerprint density at radius 3 is 2.58 bits per heavy atom. The Kier molecular flexibility index (Phi) is 5.25. The fourth-order valence-electron chi connectivity index (χ4n) is 6.16. The molecule has 1 unspecified atom stereocenters. The number of hydrogen-bond donors (Lipinski definition) is 3. The van der Waals surface area contributed by atoms with E-state index in [0.29, 0.717) is 16.9 Å². The number of carbonyl (C=O) groups excluding carboxylic acids is 1. The van der Waals surface area contributed by atoms with Crippen LogP contribution in [0.25, 0.3) is 0 Å². The fourth-order valence-corrected chi connectivity index (χ4v) is 6.80. The lowest BCUT2D eigenvalue weighted by molar-refractivity contribution is -0.120. The maximum atomic E-state index is 14.2. The summed E-state index contributed by atoms with van der Waals surface area (Å²) in [4.78, 5) is 16.0. The third-order valence-corrected chi connectivity index (χ3v) is 8.84. The van der Waals surface area contributed by atoms with Gasteiger partial charge in [-0.05, 0) is 86.5 Å². The van der Waals surface area contributed by atoms with Crippen LogP contribution in [0.15, 0.2) is 35.2 Å². The number of carbonyl (C=O) groups is 1. The molecule has 0 aromatic heterocycles. The van der Waals surface area contributed by atoms with Crippen molar-refractivity contribution in [2.45, 2.75) is 54.9 Å². The number of nitrogens with zero attached hydrogens (tertiary/aromatic N) is 1. The molecule has 5 nitrogen and oxygen atoms in total. The van der Waals surface area contributed by atoms with Gasteiger partial charge in [-0.3, -0.25) is 4.79 Å². The molecule has 174 valence electrons. The van der Waals surface area contributed by atoms with Crippen LogP contribution in [-0.4, -0.2) is 36.5 Å². The van der Waals surface area contributed by atoms with Crippen LogP contribution in [0.5, 0.6) is 0 Å². The van der Waals surface area contributed by atoms with Crippen molar-refractivity contribution in [1.82, 2.24) is 4.90 Å². The normalized spacial score (nSPS) is 27.0. The van der Waals surface area contributed by atoms with Gasteiger partial charge in [0.25, 0.3) is 0 Å². The third-order valence-electron chi connectivity index (χ3n) is 7.95. The highest BCUT2D eigenvalue weighted by Gasteiger charge is 2.49. The Morgan fingerprint density at radius 1 is 1.09 bits per heavy atom. The number of amides is 1. The first kappa shape index (κ1) is 21.2. The zero-order valence-corrected chi connectivity index (χ0v) is 19.2. The largest absolute Gasteiger partial charge is 0.379 e. The molecule has 4 fully saturated rings. The molecule has 1 saturated carbocycles. The fraction of sp³-hybridized carbons (Fsp3) is 0.480. The summed E-state index contributed by atoms with van der Waals surface area (Å²) < 4.78 is 30.7. The van der Waals surface area contributed by atoms with Crippen LogP contribution in [0.2, 0.25) is 0 Å². The van der Waals surface area contributed by atoms with Crippen molar-refractivity contribution in [3.63, 3.8) is 0 Å². The first-order chi connectivity index (χ1) is 16.0. The molecule has 3 N–H and O–H groups in total. The minimum absolute atomic E-state index is 0.0985. The average Bonchev–Trinajstić information content (AvgIpc) is 3.41. The highest BCUT2D eigenvalue weighted by atomic mass is 32.2. The highest BCUT2D eigenvalue weighted by molar-refractivity contribution is 8.00. The Hall–Kier alpha value is -2.32. The van der Waals surface area contributed by atoms with Gasteiger partial charge in [-0.1, -0.05) is 12.8 Å². The molecule has 1 spiro atoms. The number of piperidine rings is 3. The van der Waals surface area contributed by atoms with Gasteiger partial charge in [-0.25, -0.2) is 8.78 Å². The van der Waals surface area contributed by atoms with Crippen molar-refractivity contribution in [3.05, 3.63) is 47.5 Å². The van der Waals surface area contributed by atoms with E-state index in [2.05, 4.69) is 20.3 Å². The predicted molar refractivity (Wildman–Crippen MR) is 128 cm³/mol. The number of nitrogens with one attached hydrogen (secondary N) is 3. The molecule has 4 heterocycles. The quantitative estimate of drug-likeness (QED) is 0.514. The number of hydrogen-bond acceptors (Lipinski definition) is 5. The number of rotatable bonds is 5. The Morgan fingerprint density at radius 2 is 1.88 bits per heavy atom. The lowest BCUT2D eigenvalue weighted by atomic mass is 9.79. The summed E-state index contributed by atoms with van der Waals surface area (Å²) >= 11 is 1.12. The number of benzene rings is 2. The number of anilines is 3. The molecule has 2 bridgehead atoms. The van der Waals surface area contributed by atoms with E-state index in [0.717, 1.165) is 72.9 Å². The van der Waals surface area contributed by atoms with E-state index >= 15 is 0 Å². The molecular formula is C25H28F2N4OS. The zero-order chi connectivity index (χ0) is 22.6. The molecule has 8 heteroatoms. The predicted octanol–water partition coefficient (Wildman–Crippen LogP) is 5.35. The van der Waals surface area contributed by atoms with Crippen molar-refractivity contribution in [1.29, 1.82) is 0 Å². The minimum Gasteiger partial charge on any atom is -0.379 e. The van der Waals surface area contributed by atoms with Crippen molar-refractivity contribution < 1.29 is 13.6 Å². The van der Waals surface area contributed by atoms with E-state index in [-0.39, 0.29) is 5.91 Å². The molecule has 2 aromatic rings. The van der Waals surface area contributed by atoms with Crippen LogP contribution in [0.3, 0.4) is 0 Å². The maximum absolute atomic E-state index is 14.2. The van der Waals surface area contributed by atoms with Gasteiger partial charge in [0.2, 0.25) is 5.91 Å². The summed E-state index contributed by atoms with van der Waals surface area (Å²) in [7, 11) is 0. The SMILES string of the molecule is O=C1Nc2c(NC3CN4CCC3CC4)cc(NSc3ccc(F)cc3F)cc2C12CCCC2. The summed E-state index contributed by atoms with van der Waals surface area (Å²) in [5, 5.41) is 6.97. The molecule has 4 aliphatic heterocycles. The van der Waals surface area contributed by atoms with Gasteiger partial charge >= 0.3 is 0 Å². The minimum atomic E-state index is -0.594. The summed E-state index contributed by atoms with van der Waals surface area (Å²) in [5.74, 6) is -0.446. The number of halogens is 2. The molecule has 33 heavy (non-hydrogen) atoms. The second kappa shape index (κ2) is 8.17. The topological polar surface area (TPSA) is 56.4 Å². The second-order valence-corrected chi connectivity index (χ2v) is 10.7. The van der Waals surface area contributed by atoms with Crippen LogP contribution in [-0.2, 0) is 10.2 Å². The first-order valence-corrected chi connectivity index (χ1v) is 12.7. The van der Waals surface area contributed by atoms with Gasteiger partial charge < -0.3 is 20.3 Å². The second-order valence-electron chi connectivity index (χ2n) is 9.86. The van der Waals surface area contributed by atoms with E-state index in [1.807, 2.05) is 12.1 Å². The Labute approximate surface area is 196 Å². The van der Waals surface area contributed by atoms with E-state index in [4.69, 9.17) is 0 Å². The molecule has 1 aliphatic carbocycles. The molecule has 1 atom stereocenters. The Balaban J connectivity index is 1.33. The molecule has 7 rings (SSSR count). The summed E-state index contributed by atoms with van der Waals surface area (Å²) in [6.07, 6.45) is 6.20. The van der Waals surface area contributed by atoms with Crippen LogP contribution < -0.4 is 15.4 Å². The van der Waals surface area contributed by atoms with E-state index in [1.54, 1.807) is 0 Å². The van der Waals surface area contributed by atoms with Crippen LogP contribution in [0.4, 0.5) is 25.8 Å². The van der Waals surface area contributed by atoms with Crippen molar-refractivity contribution in [2.24, 2.45) is 5.92 Å². The van der Waals surface area contributed by atoms with Crippen LogP contribution in [0, 0.1) is 17.6 Å². The van der Waals surface area contributed by atoms with Gasteiger partial charge in [-0.15, -0.1) is 0 Å². The van der Waals surface area contributed by atoms with E-state index in [1.165, 1.54) is 38.1 Å². The van der Waals surface area contributed by atoms with Crippen LogP contribution >= 0.6 is 11.9 Å². The summed E-state index contributed by atoms with van der Waals surface area (Å²) in [6.45, 7) is 3.36. The van der Waals surface area contributed by atoms with Crippen LogP contribution in [0.1, 0.15) is 44.1 Å². The van der Waals surface area contributed by atoms with Crippen molar-refractivity contribution in [3.8, 4) is 0 Å². The standard InChI is InChI=1S/C25H28F2N4OS/c26-16-3-4-22(19(27)11-16)33-30-17-12-18-23(29-24(32)25(18)7-1-2-8-25)20(13-17)28-21-14-31-9-5-15(21)6-10-31/h3-4,11-13,15,21,28,30H,1-2,5-10,14H2,(H,29,32). The molecule has 2 aromatic carbocycles. The Bertz CT molecular complexity index is 1100. The first-order valence-electron chi connectivity index (χ1n) is 11.9. The molecular weight excluding hydrogens is 442 g/mol. The lowest BCUT2D eigenvalue weighted by Gasteiger charge is -2.45. The maximum Gasteiger partial charge on any atom is 0.235 e.